The van der Waals surface area contributed by atoms with Crippen molar-refractivity contribution in [2.75, 3.05) is 6.54 Å². The van der Waals surface area contributed by atoms with Crippen LogP contribution < -0.4 is 5.32 Å². The highest BCUT2D eigenvalue weighted by atomic mass is 32.1. The highest BCUT2D eigenvalue weighted by Crippen LogP contribution is 2.08. The molecule has 0 aliphatic rings. The van der Waals surface area contributed by atoms with Crippen molar-refractivity contribution in [2.45, 2.75) is 19.9 Å². The van der Waals surface area contributed by atoms with E-state index in [2.05, 4.69) is 21.8 Å². The Bertz CT molecular complexity index is 537. The van der Waals surface area contributed by atoms with Crippen LogP contribution in [-0.4, -0.2) is 11.5 Å². The first-order chi connectivity index (χ1) is 8.78. The van der Waals surface area contributed by atoms with Crippen molar-refractivity contribution in [1.82, 2.24) is 10.3 Å². The third kappa shape index (κ3) is 3.66. The van der Waals surface area contributed by atoms with Crippen LogP contribution in [0.5, 0.6) is 0 Å². The first-order valence-corrected chi connectivity index (χ1v) is 6.76. The molecule has 1 aromatic heterocycles. The maximum atomic E-state index is 8.70. The van der Waals surface area contributed by atoms with E-state index in [1.54, 1.807) is 11.3 Å². The van der Waals surface area contributed by atoms with Gasteiger partial charge in [-0.1, -0.05) is 12.1 Å². The molecule has 0 saturated carbocycles. The Morgan fingerprint density at radius 3 is 2.72 bits per heavy atom. The smallest absolute Gasteiger partial charge is 0.0991 e. The second-order valence-corrected chi connectivity index (χ2v) is 5.06. The van der Waals surface area contributed by atoms with E-state index in [1.165, 1.54) is 10.6 Å². The van der Waals surface area contributed by atoms with Gasteiger partial charge in [-0.25, -0.2) is 4.98 Å². The van der Waals surface area contributed by atoms with Gasteiger partial charge in [0.2, 0.25) is 0 Å². The van der Waals surface area contributed by atoms with Gasteiger partial charge in [-0.2, -0.15) is 5.26 Å². The first-order valence-electron chi connectivity index (χ1n) is 5.88. The molecule has 1 aromatic carbocycles. The average Bonchev–Trinajstić information content (AvgIpc) is 2.81. The topological polar surface area (TPSA) is 48.7 Å². The Hall–Kier alpha value is -1.70. The lowest BCUT2D eigenvalue weighted by Gasteiger charge is -2.03. The second kappa shape index (κ2) is 6.29. The minimum atomic E-state index is 0.706. The summed E-state index contributed by atoms with van der Waals surface area (Å²) in [5.74, 6) is 0. The van der Waals surface area contributed by atoms with Gasteiger partial charge in [-0.15, -0.1) is 11.3 Å². The molecule has 0 fully saturated rings. The molecule has 0 atom stereocenters. The van der Waals surface area contributed by atoms with Crippen molar-refractivity contribution in [3.05, 3.63) is 51.5 Å². The Balaban J connectivity index is 1.73. The quantitative estimate of drug-likeness (QED) is 0.838. The summed E-state index contributed by atoms with van der Waals surface area (Å²) in [4.78, 5) is 4.42. The number of hydrogen-bond acceptors (Lipinski definition) is 4. The number of nitriles is 1. The maximum Gasteiger partial charge on any atom is 0.0991 e. The van der Waals surface area contributed by atoms with E-state index in [0.29, 0.717) is 5.56 Å². The molecule has 0 amide bonds. The highest BCUT2D eigenvalue weighted by molar-refractivity contribution is 7.09. The summed E-state index contributed by atoms with van der Waals surface area (Å²) in [6.45, 7) is 3.77. The third-order valence-electron chi connectivity index (χ3n) is 2.59. The predicted octanol–water partition coefficient (Wildman–Crippen LogP) is 2.66. The monoisotopic (exact) mass is 257 g/mol. The zero-order chi connectivity index (χ0) is 12.8. The Morgan fingerprint density at radius 2 is 2.11 bits per heavy atom. The average molecular weight is 257 g/mol. The fourth-order valence-corrected chi connectivity index (χ4v) is 2.42. The van der Waals surface area contributed by atoms with Crippen molar-refractivity contribution in [3.63, 3.8) is 0 Å². The van der Waals surface area contributed by atoms with Gasteiger partial charge < -0.3 is 5.32 Å². The van der Waals surface area contributed by atoms with Gasteiger partial charge in [0.25, 0.3) is 0 Å². The summed E-state index contributed by atoms with van der Waals surface area (Å²) in [5.41, 5.74) is 3.00. The summed E-state index contributed by atoms with van der Waals surface area (Å²) in [6.07, 6.45) is 0.967. The minimum absolute atomic E-state index is 0.706. The minimum Gasteiger partial charge on any atom is -0.312 e. The van der Waals surface area contributed by atoms with E-state index < -0.39 is 0 Å². The molecular formula is C14H15N3S. The van der Waals surface area contributed by atoms with Gasteiger partial charge in [-0.3, -0.25) is 0 Å². The highest BCUT2D eigenvalue weighted by Gasteiger charge is 1.98. The lowest BCUT2D eigenvalue weighted by Crippen LogP contribution is -2.16. The van der Waals surface area contributed by atoms with Crippen LogP contribution in [0.2, 0.25) is 0 Å². The molecule has 0 bridgehead atoms. The van der Waals surface area contributed by atoms with E-state index in [-0.39, 0.29) is 0 Å². The summed E-state index contributed by atoms with van der Waals surface area (Å²) in [7, 11) is 0. The number of rotatable bonds is 5. The summed E-state index contributed by atoms with van der Waals surface area (Å²) >= 11 is 1.71. The largest absolute Gasteiger partial charge is 0.312 e. The zero-order valence-electron chi connectivity index (χ0n) is 10.3. The van der Waals surface area contributed by atoms with E-state index >= 15 is 0 Å². The van der Waals surface area contributed by atoms with Gasteiger partial charge in [-0.05, 0) is 24.6 Å². The molecule has 0 spiro atoms. The van der Waals surface area contributed by atoms with Gasteiger partial charge in [0.05, 0.1) is 16.6 Å². The Morgan fingerprint density at radius 1 is 1.33 bits per heavy atom. The van der Waals surface area contributed by atoms with Gasteiger partial charge in [0.15, 0.2) is 0 Å². The van der Waals surface area contributed by atoms with E-state index in [4.69, 9.17) is 5.26 Å². The first kappa shape index (κ1) is 12.7. The van der Waals surface area contributed by atoms with Crippen LogP contribution in [0, 0.1) is 18.3 Å². The Kier molecular flexibility index (Phi) is 4.46. The van der Waals surface area contributed by atoms with Crippen LogP contribution in [0.4, 0.5) is 0 Å². The van der Waals surface area contributed by atoms with Gasteiger partial charge in [0, 0.05) is 30.6 Å². The standard InChI is InChI=1S/C14H15N3S/c1-11-10-18-14(17-11)6-7-16-9-13-4-2-12(8-15)3-5-13/h2-5,10,16H,6-7,9H2,1H3. The normalized spacial score (nSPS) is 10.2. The fourth-order valence-electron chi connectivity index (χ4n) is 1.64. The Labute approximate surface area is 111 Å². The zero-order valence-corrected chi connectivity index (χ0v) is 11.1. The lowest BCUT2D eigenvalue weighted by atomic mass is 10.1. The molecule has 18 heavy (non-hydrogen) atoms. The van der Waals surface area contributed by atoms with Crippen LogP contribution in [0.1, 0.15) is 21.8 Å². The molecule has 2 aromatic rings. The summed E-state index contributed by atoms with van der Waals surface area (Å²) in [6, 6.07) is 9.79. The van der Waals surface area contributed by atoms with Crippen molar-refractivity contribution in [1.29, 1.82) is 5.26 Å². The maximum absolute atomic E-state index is 8.70. The number of hydrogen-bond donors (Lipinski definition) is 1. The van der Waals surface area contributed by atoms with Gasteiger partial charge >= 0.3 is 0 Å². The molecule has 0 aliphatic heterocycles. The van der Waals surface area contributed by atoms with Gasteiger partial charge in [0.1, 0.15) is 0 Å². The molecule has 1 N–H and O–H groups in total. The number of aromatic nitrogens is 1. The molecule has 0 aliphatic carbocycles. The number of thiazole rings is 1. The molecule has 3 nitrogen and oxygen atoms in total. The second-order valence-electron chi connectivity index (χ2n) is 4.12. The summed E-state index contributed by atoms with van der Waals surface area (Å²) in [5, 5.41) is 15.3. The van der Waals surface area contributed by atoms with E-state index in [9.17, 15) is 0 Å². The molecule has 92 valence electrons. The molecular weight excluding hydrogens is 242 g/mol. The summed E-state index contributed by atoms with van der Waals surface area (Å²) < 4.78 is 0. The van der Waals surface area contributed by atoms with Crippen LogP contribution >= 0.6 is 11.3 Å². The van der Waals surface area contributed by atoms with Crippen LogP contribution in [0.25, 0.3) is 0 Å². The molecule has 0 saturated heterocycles. The molecule has 4 heteroatoms. The molecule has 2 rings (SSSR count). The number of nitrogens with one attached hydrogen (secondary N) is 1. The molecule has 0 radical (unpaired) electrons. The van der Waals surface area contributed by atoms with Crippen molar-refractivity contribution in [3.8, 4) is 6.07 Å². The fraction of sp³-hybridized carbons (Fsp3) is 0.286. The molecule has 0 unspecified atom stereocenters. The van der Waals surface area contributed by atoms with Crippen molar-refractivity contribution in [2.24, 2.45) is 0 Å². The van der Waals surface area contributed by atoms with Crippen molar-refractivity contribution < 1.29 is 0 Å². The lowest BCUT2D eigenvalue weighted by molar-refractivity contribution is 0.684. The van der Waals surface area contributed by atoms with E-state index in [0.717, 1.165) is 25.2 Å². The predicted molar refractivity (Wildman–Crippen MR) is 73.4 cm³/mol. The van der Waals surface area contributed by atoms with E-state index in [1.807, 2.05) is 31.2 Å². The van der Waals surface area contributed by atoms with Crippen LogP contribution in [0.15, 0.2) is 29.6 Å². The van der Waals surface area contributed by atoms with Crippen molar-refractivity contribution >= 4 is 11.3 Å². The SMILES string of the molecule is Cc1csc(CCNCc2ccc(C#N)cc2)n1. The third-order valence-corrected chi connectivity index (χ3v) is 3.62. The molecule has 1 heterocycles. The number of benzene rings is 1. The number of aryl methyl sites for hydroxylation is 1. The van der Waals surface area contributed by atoms with Crippen LogP contribution in [0.3, 0.4) is 0 Å². The van der Waals surface area contributed by atoms with Crippen LogP contribution in [-0.2, 0) is 13.0 Å². The number of nitrogens with zero attached hydrogens (tertiary/aromatic N) is 2.